The molecule has 0 unspecified atom stereocenters. The molecule has 2 heterocycles. The number of aromatic amines is 1. The van der Waals surface area contributed by atoms with Crippen molar-refractivity contribution in [2.24, 2.45) is 0 Å². The van der Waals surface area contributed by atoms with Crippen molar-refractivity contribution in [1.29, 1.82) is 0 Å². The average molecular weight is 410 g/mol. The number of hydrogen-bond donors (Lipinski definition) is 2. The molecule has 1 amide bonds. The molecule has 1 aromatic carbocycles. The van der Waals surface area contributed by atoms with E-state index in [9.17, 15) is 14.0 Å². The molecule has 0 saturated carbocycles. The Balaban J connectivity index is 1.68. The molecule has 136 valence electrons. The molecule has 2 N–H and O–H groups in total. The number of fused-ring (bicyclic) bond motifs is 1. The topological polar surface area (TPSA) is 66.9 Å². The number of thiophene rings is 1. The van der Waals surface area contributed by atoms with Gasteiger partial charge in [-0.2, -0.15) is 4.68 Å². The zero-order valence-corrected chi connectivity index (χ0v) is 16.3. The van der Waals surface area contributed by atoms with Crippen LogP contribution in [-0.2, 0) is 17.0 Å². The van der Waals surface area contributed by atoms with Crippen LogP contribution in [0.3, 0.4) is 0 Å². The number of H-pyrrole nitrogens is 1. The molecule has 0 radical (unpaired) electrons. The van der Waals surface area contributed by atoms with Crippen molar-refractivity contribution in [3.05, 3.63) is 61.7 Å². The van der Waals surface area contributed by atoms with Gasteiger partial charge in [-0.1, -0.05) is 19.1 Å². The molecular formula is C17H16FN3O2S3. The fourth-order valence-corrected chi connectivity index (χ4v) is 4.40. The lowest BCUT2D eigenvalue weighted by atomic mass is 10.2. The standard InChI is InChI=1S/C17H16FN3O2S3/c1-2-12-7-13-15(26-12)19-17(24)21(16(13)23)20-14(22)9-25-8-10-3-5-11(18)6-4-10/h3-7H,2,8-9H2,1H3,(H,19,24)(H,20,22). The lowest BCUT2D eigenvalue weighted by molar-refractivity contribution is -0.114. The second-order valence-electron chi connectivity index (χ2n) is 5.53. The van der Waals surface area contributed by atoms with Gasteiger partial charge in [-0.3, -0.25) is 15.0 Å². The highest BCUT2D eigenvalue weighted by atomic mass is 32.2. The molecule has 0 bridgehead atoms. The normalized spacial score (nSPS) is 11.0. The predicted octanol–water partition coefficient (Wildman–Crippen LogP) is 3.83. The Hall–Kier alpha value is -1.97. The first-order valence-electron chi connectivity index (χ1n) is 7.87. The number of halogens is 1. The molecule has 3 rings (SSSR count). The van der Waals surface area contributed by atoms with Crippen LogP contribution in [0.15, 0.2) is 35.1 Å². The first-order valence-corrected chi connectivity index (χ1v) is 10.3. The lowest BCUT2D eigenvalue weighted by Gasteiger charge is -2.08. The van der Waals surface area contributed by atoms with E-state index in [4.69, 9.17) is 12.2 Å². The molecule has 2 aromatic heterocycles. The number of nitrogens with one attached hydrogen (secondary N) is 2. The van der Waals surface area contributed by atoms with E-state index in [1.807, 2.05) is 13.0 Å². The Labute approximate surface area is 162 Å². The highest BCUT2D eigenvalue weighted by Gasteiger charge is 2.11. The second-order valence-corrected chi connectivity index (χ2v) is 8.04. The van der Waals surface area contributed by atoms with Gasteiger partial charge in [0.2, 0.25) is 10.7 Å². The summed E-state index contributed by atoms with van der Waals surface area (Å²) in [5, 5.41) is 0.514. The van der Waals surface area contributed by atoms with Crippen molar-refractivity contribution < 1.29 is 9.18 Å². The van der Waals surface area contributed by atoms with Crippen LogP contribution in [0, 0.1) is 10.6 Å². The molecule has 26 heavy (non-hydrogen) atoms. The third kappa shape index (κ3) is 4.22. The van der Waals surface area contributed by atoms with Gasteiger partial charge in [0.15, 0.2) is 0 Å². The van der Waals surface area contributed by atoms with Gasteiger partial charge in [0.25, 0.3) is 5.56 Å². The molecule has 0 saturated heterocycles. The summed E-state index contributed by atoms with van der Waals surface area (Å²) in [5.74, 6) is 0.100. The van der Waals surface area contributed by atoms with Crippen LogP contribution >= 0.6 is 35.3 Å². The minimum Gasteiger partial charge on any atom is -0.322 e. The summed E-state index contributed by atoms with van der Waals surface area (Å²) >= 11 is 8.05. The molecule has 0 aliphatic carbocycles. The molecule has 9 heteroatoms. The van der Waals surface area contributed by atoms with Crippen molar-refractivity contribution in [3.8, 4) is 0 Å². The second kappa shape index (κ2) is 8.15. The molecule has 0 aliphatic rings. The molecule has 0 aliphatic heterocycles. The lowest BCUT2D eigenvalue weighted by Crippen LogP contribution is -2.35. The number of rotatable bonds is 6. The van der Waals surface area contributed by atoms with E-state index in [2.05, 4.69) is 10.4 Å². The first kappa shape index (κ1) is 18.8. The van der Waals surface area contributed by atoms with E-state index >= 15 is 0 Å². The highest BCUT2D eigenvalue weighted by Crippen LogP contribution is 2.21. The number of hydrogen-bond acceptors (Lipinski definition) is 5. The first-order chi connectivity index (χ1) is 12.5. The van der Waals surface area contributed by atoms with Gasteiger partial charge in [0.05, 0.1) is 11.1 Å². The minimum absolute atomic E-state index is 0.153. The zero-order chi connectivity index (χ0) is 18.7. The average Bonchev–Trinajstić information content (AvgIpc) is 3.03. The summed E-state index contributed by atoms with van der Waals surface area (Å²) in [6, 6.07) is 7.94. The number of thioether (sulfide) groups is 1. The van der Waals surface area contributed by atoms with E-state index in [-0.39, 0.29) is 27.8 Å². The Morgan fingerprint density at radius 3 is 2.81 bits per heavy atom. The summed E-state index contributed by atoms with van der Waals surface area (Å²) in [5.41, 5.74) is 3.13. The quantitative estimate of drug-likeness (QED) is 0.608. The third-order valence-corrected chi connectivity index (χ3v) is 6.12. The number of carbonyl (C=O) groups is 1. The Bertz CT molecular complexity index is 1050. The number of aromatic nitrogens is 2. The van der Waals surface area contributed by atoms with Crippen molar-refractivity contribution in [2.75, 3.05) is 11.2 Å². The summed E-state index contributed by atoms with van der Waals surface area (Å²) in [7, 11) is 0. The summed E-state index contributed by atoms with van der Waals surface area (Å²) in [6.45, 7) is 2.01. The monoisotopic (exact) mass is 409 g/mol. The van der Waals surface area contributed by atoms with Crippen LogP contribution in [0.1, 0.15) is 17.4 Å². The molecule has 0 fully saturated rings. The van der Waals surface area contributed by atoms with Crippen molar-refractivity contribution >= 4 is 51.4 Å². The number of nitrogens with zero attached hydrogens (tertiary/aromatic N) is 1. The van der Waals surface area contributed by atoms with Crippen molar-refractivity contribution in [3.63, 3.8) is 0 Å². The van der Waals surface area contributed by atoms with Gasteiger partial charge in [-0.05, 0) is 42.4 Å². The summed E-state index contributed by atoms with van der Waals surface area (Å²) in [4.78, 5) is 29.5. The van der Waals surface area contributed by atoms with E-state index in [1.54, 1.807) is 12.1 Å². The van der Waals surface area contributed by atoms with Gasteiger partial charge >= 0.3 is 0 Å². The highest BCUT2D eigenvalue weighted by molar-refractivity contribution is 7.99. The molecule has 0 atom stereocenters. The number of amides is 1. The van der Waals surface area contributed by atoms with Crippen molar-refractivity contribution in [2.45, 2.75) is 19.1 Å². The Kier molecular flexibility index (Phi) is 5.90. The number of aryl methyl sites for hydroxylation is 1. The van der Waals surface area contributed by atoms with Crippen LogP contribution < -0.4 is 11.0 Å². The maximum absolute atomic E-state index is 12.9. The van der Waals surface area contributed by atoms with Gasteiger partial charge in [0.1, 0.15) is 10.6 Å². The van der Waals surface area contributed by atoms with Crippen LogP contribution in [0.2, 0.25) is 0 Å². The van der Waals surface area contributed by atoms with E-state index in [1.165, 1.54) is 35.2 Å². The van der Waals surface area contributed by atoms with E-state index in [0.717, 1.165) is 21.5 Å². The van der Waals surface area contributed by atoms with Crippen LogP contribution in [0.4, 0.5) is 4.39 Å². The molecule has 0 spiro atoms. The maximum atomic E-state index is 12.9. The number of carbonyl (C=O) groups excluding carboxylic acids is 1. The van der Waals surface area contributed by atoms with Gasteiger partial charge in [-0.15, -0.1) is 23.1 Å². The van der Waals surface area contributed by atoms with Gasteiger partial charge in [-0.25, -0.2) is 4.39 Å². The molecular weight excluding hydrogens is 393 g/mol. The van der Waals surface area contributed by atoms with Gasteiger partial charge in [0, 0.05) is 10.6 Å². The largest absolute Gasteiger partial charge is 0.322 e. The minimum atomic E-state index is -0.336. The fourth-order valence-electron chi connectivity index (χ4n) is 2.33. The SMILES string of the molecule is CCc1cc2c(=O)n(NC(=O)CSCc3ccc(F)cc3)c(=S)[nH]c2s1. The number of benzene rings is 1. The maximum Gasteiger partial charge on any atom is 0.282 e. The molecule has 5 nitrogen and oxygen atoms in total. The smallest absolute Gasteiger partial charge is 0.282 e. The van der Waals surface area contributed by atoms with E-state index in [0.29, 0.717) is 16.0 Å². The summed E-state index contributed by atoms with van der Waals surface area (Å²) < 4.78 is 14.1. The van der Waals surface area contributed by atoms with Crippen LogP contribution in [-0.4, -0.2) is 21.3 Å². The Morgan fingerprint density at radius 1 is 1.38 bits per heavy atom. The van der Waals surface area contributed by atoms with Crippen LogP contribution in [0.25, 0.3) is 10.2 Å². The van der Waals surface area contributed by atoms with Gasteiger partial charge < -0.3 is 4.98 Å². The van der Waals surface area contributed by atoms with Crippen LogP contribution in [0.5, 0.6) is 0 Å². The van der Waals surface area contributed by atoms with E-state index < -0.39 is 0 Å². The summed E-state index contributed by atoms with van der Waals surface area (Å²) in [6.07, 6.45) is 0.825. The molecule has 3 aromatic rings. The predicted molar refractivity (Wildman–Crippen MR) is 108 cm³/mol. The third-order valence-electron chi connectivity index (χ3n) is 3.64. The van der Waals surface area contributed by atoms with Crippen molar-refractivity contribution in [1.82, 2.24) is 9.66 Å². The fraction of sp³-hybridized carbons (Fsp3) is 0.235. The zero-order valence-electron chi connectivity index (χ0n) is 13.9. The Morgan fingerprint density at radius 2 is 2.12 bits per heavy atom.